The van der Waals surface area contributed by atoms with Crippen molar-refractivity contribution in [3.63, 3.8) is 0 Å². The third-order valence-corrected chi connectivity index (χ3v) is 7.42. The maximum atomic E-state index is 12.6. The summed E-state index contributed by atoms with van der Waals surface area (Å²) in [6.07, 6.45) is 8.80. The molecule has 1 atom stereocenters. The van der Waals surface area contributed by atoms with Gasteiger partial charge in [0.15, 0.2) is 0 Å². The number of piperidine rings is 1. The first-order chi connectivity index (χ1) is 14.8. The van der Waals surface area contributed by atoms with Gasteiger partial charge in [0.1, 0.15) is 0 Å². The molecule has 162 valence electrons. The van der Waals surface area contributed by atoms with E-state index in [9.17, 15) is 4.79 Å². The smallest absolute Gasteiger partial charge is 0.241 e. The molecule has 0 bridgehead atoms. The third kappa shape index (κ3) is 6.08. The average molecular weight is 429 g/mol. The van der Waals surface area contributed by atoms with Crippen molar-refractivity contribution in [3.8, 4) is 11.4 Å². The van der Waals surface area contributed by atoms with Gasteiger partial charge in [-0.05, 0) is 32.2 Å². The Morgan fingerprint density at radius 2 is 1.97 bits per heavy atom. The van der Waals surface area contributed by atoms with Crippen molar-refractivity contribution in [1.82, 2.24) is 20.4 Å². The van der Waals surface area contributed by atoms with Crippen LogP contribution in [0.3, 0.4) is 0 Å². The standard InChI is InChI=1S/C23H32N4O2S/c28-23(24-13-15-30-20-11-5-2-6-12-20)19-10-7-14-27(16-19)17-21-25-22(26-29-21)18-8-3-1-4-9-18/h1,3-4,8-9,19-20H,2,5-7,10-17H2,(H,24,28). The molecule has 2 aliphatic rings. The molecule has 6 nitrogen and oxygen atoms in total. The summed E-state index contributed by atoms with van der Waals surface area (Å²) >= 11 is 2.04. The molecule has 1 aromatic carbocycles. The summed E-state index contributed by atoms with van der Waals surface area (Å²) in [4.78, 5) is 19.4. The van der Waals surface area contributed by atoms with E-state index in [2.05, 4.69) is 20.4 Å². The molecule has 2 aromatic rings. The molecular weight excluding hydrogens is 396 g/mol. The van der Waals surface area contributed by atoms with Crippen molar-refractivity contribution in [2.24, 2.45) is 5.92 Å². The molecule has 0 radical (unpaired) electrons. The van der Waals surface area contributed by atoms with Gasteiger partial charge in [-0.1, -0.05) is 54.8 Å². The zero-order chi connectivity index (χ0) is 20.6. The van der Waals surface area contributed by atoms with Crippen LogP contribution in [0, 0.1) is 5.92 Å². The Labute approximate surface area is 183 Å². The molecule has 1 amide bonds. The highest BCUT2D eigenvalue weighted by Crippen LogP contribution is 2.27. The normalized spacial score (nSPS) is 20.9. The number of rotatable bonds is 8. The molecule has 1 unspecified atom stereocenters. The van der Waals surface area contributed by atoms with Crippen LogP contribution in [0.1, 0.15) is 50.8 Å². The highest BCUT2D eigenvalue weighted by atomic mass is 32.2. The van der Waals surface area contributed by atoms with Gasteiger partial charge in [-0.15, -0.1) is 0 Å². The van der Waals surface area contributed by atoms with Gasteiger partial charge in [-0.3, -0.25) is 9.69 Å². The summed E-state index contributed by atoms with van der Waals surface area (Å²) in [5, 5.41) is 8.07. The topological polar surface area (TPSA) is 71.3 Å². The molecule has 1 aromatic heterocycles. The number of nitrogens with zero attached hydrogens (tertiary/aromatic N) is 3. The van der Waals surface area contributed by atoms with Crippen LogP contribution in [0.15, 0.2) is 34.9 Å². The van der Waals surface area contributed by atoms with Crippen molar-refractivity contribution in [1.29, 1.82) is 0 Å². The predicted molar refractivity (Wildman–Crippen MR) is 120 cm³/mol. The summed E-state index contributed by atoms with van der Waals surface area (Å²) in [6, 6.07) is 9.85. The Kier molecular flexibility index (Phi) is 7.81. The van der Waals surface area contributed by atoms with Gasteiger partial charge in [0, 0.05) is 29.7 Å². The van der Waals surface area contributed by atoms with Crippen LogP contribution < -0.4 is 5.32 Å². The maximum absolute atomic E-state index is 12.6. The molecule has 2 heterocycles. The number of nitrogens with one attached hydrogen (secondary N) is 1. The molecule has 0 spiro atoms. The van der Waals surface area contributed by atoms with Crippen LogP contribution >= 0.6 is 11.8 Å². The van der Waals surface area contributed by atoms with Gasteiger partial charge in [-0.2, -0.15) is 16.7 Å². The Balaban J connectivity index is 1.20. The second-order valence-electron chi connectivity index (χ2n) is 8.37. The number of carbonyl (C=O) groups excluding carboxylic acids is 1. The van der Waals surface area contributed by atoms with Gasteiger partial charge >= 0.3 is 0 Å². The number of aromatic nitrogens is 2. The van der Waals surface area contributed by atoms with E-state index in [4.69, 9.17) is 4.52 Å². The van der Waals surface area contributed by atoms with Crippen molar-refractivity contribution < 1.29 is 9.32 Å². The summed E-state index contributed by atoms with van der Waals surface area (Å²) < 4.78 is 5.45. The lowest BCUT2D eigenvalue weighted by Gasteiger charge is -2.31. The second kappa shape index (κ2) is 11.0. The van der Waals surface area contributed by atoms with E-state index >= 15 is 0 Å². The van der Waals surface area contributed by atoms with E-state index < -0.39 is 0 Å². The fourth-order valence-electron chi connectivity index (χ4n) is 4.40. The summed E-state index contributed by atoms with van der Waals surface area (Å²) in [7, 11) is 0. The van der Waals surface area contributed by atoms with Crippen LogP contribution in [0.25, 0.3) is 11.4 Å². The van der Waals surface area contributed by atoms with Gasteiger partial charge in [0.05, 0.1) is 12.5 Å². The Morgan fingerprint density at radius 1 is 1.13 bits per heavy atom. The summed E-state index contributed by atoms with van der Waals surface area (Å²) in [6.45, 7) is 3.09. The quantitative estimate of drug-likeness (QED) is 0.638. The molecular formula is C23H32N4O2S. The number of carbonyl (C=O) groups is 1. The predicted octanol–water partition coefficient (Wildman–Crippen LogP) is 4.13. The van der Waals surface area contributed by atoms with E-state index in [-0.39, 0.29) is 11.8 Å². The lowest BCUT2D eigenvalue weighted by atomic mass is 9.97. The molecule has 1 N–H and O–H groups in total. The van der Waals surface area contributed by atoms with Crippen molar-refractivity contribution >= 4 is 17.7 Å². The Bertz CT molecular complexity index is 792. The minimum absolute atomic E-state index is 0.0509. The van der Waals surface area contributed by atoms with Gasteiger partial charge < -0.3 is 9.84 Å². The van der Waals surface area contributed by atoms with E-state index in [1.807, 2.05) is 42.1 Å². The second-order valence-corrected chi connectivity index (χ2v) is 9.78. The summed E-state index contributed by atoms with van der Waals surface area (Å²) in [5.74, 6) is 2.50. The first kappa shape index (κ1) is 21.4. The third-order valence-electron chi connectivity index (χ3n) is 6.04. The van der Waals surface area contributed by atoms with Crippen LogP contribution in [0.4, 0.5) is 0 Å². The molecule has 1 aliphatic heterocycles. The highest BCUT2D eigenvalue weighted by molar-refractivity contribution is 7.99. The summed E-state index contributed by atoms with van der Waals surface area (Å²) in [5.41, 5.74) is 0.953. The van der Waals surface area contributed by atoms with E-state index in [0.717, 1.165) is 49.0 Å². The van der Waals surface area contributed by atoms with Crippen LogP contribution in [-0.2, 0) is 11.3 Å². The lowest BCUT2D eigenvalue weighted by molar-refractivity contribution is -0.126. The lowest BCUT2D eigenvalue weighted by Crippen LogP contribution is -2.43. The zero-order valence-corrected chi connectivity index (χ0v) is 18.4. The maximum Gasteiger partial charge on any atom is 0.241 e. The first-order valence-electron chi connectivity index (χ1n) is 11.3. The molecule has 1 saturated carbocycles. The molecule has 30 heavy (non-hydrogen) atoms. The van der Waals surface area contributed by atoms with Gasteiger partial charge in [0.2, 0.25) is 17.6 Å². The van der Waals surface area contributed by atoms with Crippen molar-refractivity contribution in [2.45, 2.75) is 56.7 Å². The fraction of sp³-hybridized carbons (Fsp3) is 0.609. The number of hydrogen-bond acceptors (Lipinski definition) is 6. The van der Waals surface area contributed by atoms with E-state index in [0.29, 0.717) is 18.3 Å². The number of amides is 1. The average Bonchev–Trinajstić information content (AvgIpc) is 3.26. The monoisotopic (exact) mass is 428 g/mol. The van der Waals surface area contributed by atoms with Crippen molar-refractivity contribution in [2.75, 3.05) is 25.4 Å². The van der Waals surface area contributed by atoms with Crippen LogP contribution in [0.2, 0.25) is 0 Å². The highest BCUT2D eigenvalue weighted by Gasteiger charge is 2.27. The first-order valence-corrected chi connectivity index (χ1v) is 12.3. The Morgan fingerprint density at radius 3 is 2.80 bits per heavy atom. The number of hydrogen-bond donors (Lipinski definition) is 1. The van der Waals surface area contributed by atoms with Gasteiger partial charge in [0.25, 0.3) is 0 Å². The SMILES string of the molecule is O=C(NCCSC1CCCCC1)C1CCCN(Cc2nc(-c3ccccc3)no2)C1. The number of benzene rings is 1. The number of thioether (sulfide) groups is 1. The van der Waals surface area contributed by atoms with Crippen LogP contribution in [-0.4, -0.2) is 51.6 Å². The molecule has 2 fully saturated rings. The van der Waals surface area contributed by atoms with Crippen molar-refractivity contribution in [3.05, 3.63) is 36.2 Å². The molecule has 4 rings (SSSR count). The Hall–Kier alpha value is -1.86. The minimum atomic E-state index is 0.0509. The molecule has 1 saturated heterocycles. The zero-order valence-electron chi connectivity index (χ0n) is 17.6. The number of likely N-dealkylation sites (tertiary alicyclic amines) is 1. The van der Waals surface area contributed by atoms with Gasteiger partial charge in [-0.25, -0.2) is 0 Å². The molecule has 1 aliphatic carbocycles. The van der Waals surface area contributed by atoms with E-state index in [1.54, 1.807) is 0 Å². The minimum Gasteiger partial charge on any atom is -0.355 e. The fourth-order valence-corrected chi connectivity index (χ4v) is 5.62. The molecule has 7 heteroatoms. The van der Waals surface area contributed by atoms with Crippen LogP contribution in [0.5, 0.6) is 0 Å². The largest absolute Gasteiger partial charge is 0.355 e. The van der Waals surface area contributed by atoms with E-state index in [1.165, 1.54) is 32.1 Å².